The zero-order valence-electron chi connectivity index (χ0n) is 27.8. The van der Waals surface area contributed by atoms with E-state index in [4.69, 9.17) is 9.41 Å². The van der Waals surface area contributed by atoms with Crippen LogP contribution in [0.25, 0.3) is 65.7 Å². The van der Waals surface area contributed by atoms with Gasteiger partial charge in [0.15, 0.2) is 0 Å². The largest absolute Gasteiger partial charge is 0.456 e. The van der Waals surface area contributed by atoms with Gasteiger partial charge < -0.3 is 9.73 Å². The van der Waals surface area contributed by atoms with E-state index < -0.39 is 0 Å². The second-order valence-corrected chi connectivity index (χ2v) is 13.3. The van der Waals surface area contributed by atoms with Gasteiger partial charge in [-0.3, -0.25) is 5.32 Å². The van der Waals surface area contributed by atoms with E-state index in [1.807, 2.05) is 12.1 Å². The lowest BCUT2D eigenvalue weighted by Gasteiger charge is -2.32. The van der Waals surface area contributed by atoms with Crippen LogP contribution in [0.15, 0.2) is 185 Å². The van der Waals surface area contributed by atoms with Crippen LogP contribution in [0.1, 0.15) is 29.0 Å². The van der Waals surface area contributed by atoms with Gasteiger partial charge in [-0.2, -0.15) is 0 Å². The highest BCUT2D eigenvalue weighted by Gasteiger charge is 2.26. The van der Waals surface area contributed by atoms with Crippen LogP contribution >= 0.6 is 0 Å². The number of para-hydroxylation sites is 1. The zero-order valence-corrected chi connectivity index (χ0v) is 27.8. The molecule has 0 saturated heterocycles. The van der Waals surface area contributed by atoms with Crippen LogP contribution in [0.3, 0.4) is 0 Å². The Labute approximate surface area is 295 Å². The summed E-state index contributed by atoms with van der Waals surface area (Å²) in [6.45, 7) is 0. The standard InChI is InChI=1S/C47H33N3O/c1-2-10-30(11-3-1)33-14-8-15-37(27-33)45-48-46(38-24-20-31-12-4-5-13-32(31)28-38)50-47(49-45)39-25-22-34-26-36(23-21-35(34)29-39)40-17-9-19-43-44(40)41-16-6-7-18-42(41)51-43/h1-29,45,47,49H,(H,48,50). The number of furan rings is 1. The van der Waals surface area contributed by atoms with Crippen molar-refractivity contribution in [1.82, 2.24) is 10.6 Å². The summed E-state index contributed by atoms with van der Waals surface area (Å²) in [6.07, 6.45) is -0.408. The van der Waals surface area contributed by atoms with Crippen LogP contribution in [-0.2, 0) is 0 Å². The van der Waals surface area contributed by atoms with Gasteiger partial charge in [0.05, 0.1) is 0 Å². The molecule has 1 aliphatic rings. The fourth-order valence-electron chi connectivity index (χ4n) is 7.53. The molecule has 10 rings (SSSR count). The molecule has 8 aromatic carbocycles. The van der Waals surface area contributed by atoms with Gasteiger partial charge in [0, 0.05) is 16.3 Å². The SMILES string of the molecule is c1ccc(-c2cccc(C3N=C(c4ccc5ccccc5c4)NC(c4ccc5cc(-c6cccc7oc8ccccc8c67)ccc5c4)N3)c2)cc1. The van der Waals surface area contributed by atoms with Gasteiger partial charge in [0.25, 0.3) is 0 Å². The molecule has 2 heterocycles. The van der Waals surface area contributed by atoms with Gasteiger partial charge in [0.1, 0.15) is 29.3 Å². The third-order valence-electron chi connectivity index (χ3n) is 10.1. The number of hydrogen-bond acceptors (Lipinski definition) is 4. The number of benzene rings is 8. The molecule has 1 aromatic heterocycles. The van der Waals surface area contributed by atoms with Crippen LogP contribution in [0.4, 0.5) is 0 Å². The highest BCUT2D eigenvalue weighted by Crippen LogP contribution is 2.38. The van der Waals surface area contributed by atoms with E-state index in [1.165, 1.54) is 43.8 Å². The fraction of sp³-hybridized carbons (Fsp3) is 0.0426. The number of aliphatic imine (C=N–C) groups is 1. The van der Waals surface area contributed by atoms with Crippen molar-refractivity contribution in [3.05, 3.63) is 193 Å². The van der Waals surface area contributed by atoms with Crippen molar-refractivity contribution in [3.63, 3.8) is 0 Å². The Bertz CT molecular complexity index is 2780. The van der Waals surface area contributed by atoms with Crippen molar-refractivity contribution in [2.45, 2.75) is 12.3 Å². The Morgan fingerprint density at radius 3 is 2.08 bits per heavy atom. The van der Waals surface area contributed by atoms with Crippen molar-refractivity contribution in [2.75, 3.05) is 0 Å². The Kier molecular flexibility index (Phi) is 7.00. The first-order chi connectivity index (χ1) is 25.2. The summed E-state index contributed by atoms with van der Waals surface area (Å²) in [7, 11) is 0. The Hall–Kier alpha value is -6.49. The molecule has 4 nitrogen and oxygen atoms in total. The molecule has 0 fully saturated rings. The first-order valence-electron chi connectivity index (χ1n) is 17.4. The smallest absolute Gasteiger partial charge is 0.136 e. The number of fused-ring (bicyclic) bond motifs is 5. The van der Waals surface area contributed by atoms with E-state index in [0.29, 0.717) is 0 Å². The molecule has 0 bridgehead atoms. The molecule has 51 heavy (non-hydrogen) atoms. The topological polar surface area (TPSA) is 49.6 Å². The summed E-state index contributed by atoms with van der Waals surface area (Å²) < 4.78 is 6.19. The molecule has 0 aliphatic carbocycles. The summed E-state index contributed by atoms with van der Waals surface area (Å²) in [5, 5.41) is 14.7. The van der Waals surface area contributed by atoms with E-state index in [0.717, 1.165) is 44.5 Å². The lowest BCUT2D eigenvalue weighted by Crippen LogP contribution is -2.44. The zero-order chi connectivity index (χ0) is 33.7. The molecule has 4 heteroatoms. The first kappa shape index (κ1) is 29.4. The minimum absolute atomic E-state index is 0.163. The molecule has 1 aliphatic heterocycles. The highest BCUT2D eigenvalue weighted by molar-refractivity contribution is 6.13. The minimum atomic E-state index is -0.246. The van der Waals surface area contributed by atoms with E-state index in [1.54, 1.807) is 0 Å². The van der Waals surface area contributed by atoms with E-state index in [9.17, 15) is 0 Å². The van der Waals surface area contributed by atoms with Crippen LogP contribution in [0.5, 0.6) is 0 Å². The van der Waals surface area contributed by atoms with Gasteiger partial charge in [0.2, 0.25) is 0 Å². The Morgan fingerprint density at radius 1 is 0.451 bits per heavy atom. The lowest BCUT2D eigenvalue weighted by atomic mass is 9.96. The predicted molar refractivity (Wildman–Crippen MR) is 211 cm³/mol. The van der Waals surface area contributed by atoms with Gasteiger partial charge in [-0.15, -0.1) is 0 Å². The second-order valence-electron chi connectivity index (χ2n) is 13.3. The summed E-state index contributed by atoms with van der Waals surface area (Å²) in [5.41, 5.74) is 9.86. The van der Waals surface area contributed by atoms with Crippen molar-refractivity contribution in [2.24, 2.45) is 4.99 Å². The van der Waals surface area contributed by atoms with E-state index in [2.05, 4.69) is 174 Å². The first-order valence-corrected chi connectivity index (χ1v) is 17.4. The number of amidine groups is 1. The molecule has 0 radical (unpaired) electrons. The van der Waals surface area contributed by atoms with E-state index >= 15 is 0 Å². The van der Waals surface area contributed by atoms with Gasteiger partial charge in [-0.25, -0.2) is 4.99 Å². The predicted octanol–water partition coefficient (Wildman–Crippen LogP) is 11.6. The third-order valence-corrected chi connectivity index (χ3v) is 10.1. The van der Waals surface area contributed by atoms with Crippen molar-refractivity contribution in [1.29, 1.82) is 0 Å². The number of nitrogens with zero attached hydrogens (tertiary/aromatic N) is 1. The van der Waals surface area contributed by atoms with Crippen LogP contribution < -0.4 is 10.6 Å². The molecule has 242 valence electrons. The van der Waals surface area contributed by atoms with E-state index in [-0.39, 0.29) is 12.3 Å². The minimum Gasteiger partial charge on any atom is -0.456 e. The molecule has 2 N–H and O–H groups in total. The third kappa shape index (κ3) is 5.34. The van der Waals surface area contributed by atoms with Crippen LogP contribution in [-0.4, -0.2) is 5.84 Å². The molecule has 9 aromatic rings. The van der Waals surface area contributed by atoms with Crippen molar-refractivity contribution >= 4 is 49.3 Å². The lowest BCUT2D eigenvalue weighted by molar-refractivity contribution is 0.409. The summed E-state index contributed by atoms with van der Waals surface area (Å²) in [5.74, 6) is 0.871. The monoisotopic (exact) mass is 655 g/mol. The number of hydrogen-bond donors (Lipinski definition) is 2. The maximum Gasteiger partial charge on any atom is 0.136 e. The quantitative estimate of drug-likeness (QED) is 0.194. The highest BCUT2D eigenvalue weighted by atomic mass is 16.3. The van der Waals surface area contributed by atoms with Gasteiger partial charge in [-0.1, -0.05) is 140 Å². The second kappa shape index (κ2) is 12.1. The Balaban J connectivity index is 1.03. The maximum absolute atomic E-state index is 6.19. The summed E-state index contributed by atoms with van der Waals surface area (Å²) >= 11 is 0. The molecule has 0 spiro atoms. The van der Waals surface area contributed by atoms with Gasteiger partial charge >= 0.3 is 0 Å². The number of nitrogens with one attached hydrogen (secondary N) is 2. The average Bonchev–Trinajstić information content (AvgIpc) is 3.59. The number of rotatable bonds is 5. The van der Waals surface area contributed by atoms with Crippen molar-refractivity contribution < 1.29 is 4.42 Å². The molecule has 0 amide bonds. The molecule has 0 saturated carbocycles. The van der Waals surface area contributed by atoms with Crippen LogP contribution in [0.2, 0.25) is 0 Å². The average molecular weight is 656 g/mol. The maximum atomic E-state index is 6.19. The summed E-state index contributed by atoms with van der Waals surface area (Å²) in [4.78, 5) is 5.28. The Morgan fingerprint density at radius 2 is 1.14 bits per heavy atom. The molecular formula is C47H33N3O. The molecule has 2 unspecified atom stereocenters. The van der Waals surface area contributed by atoms with Crippen molar-refractivity contribution in [3.8, 4) is 22.3 Å². The molecule has 2 atom stereocenters. The normalized spacial score (nSPS) is 16.0. The van der Waals surface area contributed by atoms with Crippen LogP contribution in [0, 0.1) is 0 Å². The fourth-order valence-corrected chi connectivity index (χ4v) is 7.53. The summed E-state index contributed by atoms with van der Waals surface area (Å²) in [6, 6.07) is 62.4. The molecular weight excluding hydrogens is 623 g/mol. The van der Waals surface area contributed by atoms with Gasteiger partial charge in [-0.05, 0) is 91.3 Å².